The number of primary amides is 1. The molecule has 0 radical (unpaired) electrons. The van der Waals surface area contributed by atoms with Gasteiger partial charge in [0.15, 0.2) is 0 Å². The molecule has 0 heterocycles. The number of alkyl halides is 3. The smallest absolute Gasteiger partial charge is 0.370 e. The van der Waals surface area contributed by atoms with Crippen molar-refractivity contribution in [1.29, 1.82) is 0 Å². The van der Waals surface area contributed by atoms with Crippen LogP contribution < -0.4 is 11.1 Å². The van der Waals surface area contributed by atoms with E-state index in [2.05, 4.69) is 5.32 Å². The van der Waals surface area contributed by atoms with Crippen LogP contribution in [-0.4, -0.2) is 12.5 Å². The topological polar surface area (TPSA) is 55.1 Å². The molecule has 0 aromatic heterocycles. The van der Waals surface area contributed by atoms with Gasteiger partial charge in [0.25, 0.3) is 0 Å². The van der Waals surface area contributed by atoms with Gasteiger partial charge in [-0.05, 0) is 30.7 Å². The van der Waals surface area contributed by atoms with Gasteiger partial charge in [-0.3, -0.25) is 4.79 Å². The Morgan fingerprint density at radius 2 is 2.11 bits per heavy atom. The lowest BCUT2D eigenvalue weighted by molar-refractivity contribution is -0.137. The molecule has 0 saturated heterocycles. The molecule has 0 fully saturated rings. The molecule has 0 spiro atoms. The largest absolute Gasteiger partial charge is 0.416 e. The third-order valence-corrected chi connectivity index (χ3v) is 2.66. The number of amides is 1. The van der Waals surface area contributed by atoms with Crippen molar-refractivity contribution in [2.75, 3.05) is 6.54 Å². The Kier molecular flexibility index (Phi) is 5.35. The first-order valence-electron chi connectivity index (χ1n) is 6.03. The lowest BCUT2D eigenvalue weighted by atomic mass is 10.0. The summed E-state index contributed by atoms with van der Waals surface area (Å²) in [5.41, 5.74) is 4.82. The fourth-order valence-electron chi connectivity index (χ4n) is 1.76. The highest BCUT2D eigenvalue weighted by Crippen LogP contribution is 2.31. The monoisotopic (exact) mass is 274 g/mol. The van der Waals surface area contributed by atoms with Crippen molar-refractivity contribution < 1.29 is 18.0 Å². The van der Waals surface area contributed by atoms with Crippen molar-refractivity contribution in [2.24, 2.45) is 5.73 Å². The first-order chi connectivity index (χ1) is 8.84. The maximum absolute atomic E-state index is 12.6. The maximum atomic E-state index is 12.6. The fraction of sp³-hybridized carbons (Fsp3) is 0.462. The quantitative estimate of drug-likeness (QED) is 0.837. The van der Waals surface area contributed by atoms with Crippen LogP contribution in [0.2, 0.25) is 0 Å². The molecule has 0 aliphatic carbocycles. The summed E-state index contributed by atoms with van der Waals surface area (Å²) in [7, 11) is 0. The molecule has 106 valence electrons. The third-order valence-electron chi connectivity index (χ3n) is 2.66. The minimum atomic E-state index is -4.39. The molecule has 1 atom stereocenters. The van der Waals surface area contributed by atoms with Gasteiger partial charge in [0, 0.05) is 12.5 Å². The van der Waals surface area contributed by atoms with Crippen molar-refractivity contribution in [3.8, 4) is 0 Å². The molecule has 1 unspecified atom stereocenters. The molecule has 3 N–H and O–H groups in total. The van der Waals surface area contributed by atoms with Crippen LogP contribution in [0.25, 0.3) is 0 Å². The highest BCUT2D eigenvalue weighted by atomic mass is 19.4. The van der Waals surface area contributed by atoms with Gasteiger partial charge in [-0.15, -0.1) is 0 Å². The van der Waals surface area contributed by atoms with E-state index in [0.29, 0.717) is 12.1 Å². The average molecular weight is 274 g/mol. The molecule has 0 saturated carbocycles. The molecule has 0 aliphatic heterocycles. The Balaban J connectivity index is 2.97. The number of hydrogen-bond acceptors (Lipinski definition) is 2. The van der Waals surface area contributed by atoms with Gasteiger partial charge in [0.2, 0.25) is 5.91 Å². The zero-order chi connectivity index (χ0) is 14.5. The summed E-state index contributed by atoms with van der Waals surface area (Å²) in [4.78, 5) is 11.0. The first kappa shape index (κ1) is 15.5. The minimum Gasteiger partial charge on any atom is -0.370 e. The summed E-state index contributed by atoms with van der Waals surface area (Å²) in [5.74, 6) is -0.550. The predicted octanol–water partition coefficient (Wildman–Crippen LogP) is 2.62. The van der Waals surface area contributed by atoms with Gasteiger partial charge >= 0.3 is 6.18 Å². The van der Waals surface area contributed by atoms with Crippen LogP contribution in [-0.2, 0) is 11.0 Å². The van der Waals surface area contributed by atoms with Crippen molar-refractivity contribution in [1.82, 2.24) is 5.32 Å². The van der Waals surface area contributed by atoms with Gasteiger partial charge in [0.1, 0.15) is 0 Å². The number of carbonyl (C=O) groups is 1. The van der Waals surface area contributed by atoms with Gasteiger partial charge < -0.3 is 11.1 Å². The second kappa shape index (κ2) is 6.56. The van der Waals surface area contributed by atoms with E-state index in [1.807, 2.05) is 6.92 Å². The maximum Gasteiger partial charge on any atom is 0.416 e. The Hall–Kier alpha value is -1.56. The van der Waals surface area contributed by atoms with E-state index in [1.54, 1.807) is 6.07 Å². The fourth-order valence-corrected chi connectivity index (χ4v) is 1.76. The number of halogens is 3. The van der Waals surface area contributed by atoms with Crippen LogP contribution in [0.1, 0.15) is 36.9 Å². The molecule has 3 nitrogen and oxygen atoms in total. The highest BCUT2D eigenvalue weighted by Gasteiger charge is 2.31. The van der Waals surface area contributed by atoms with Crippen LogP contribution in [0.15, 0.2) is 24.3 Å². The van der Waals surface area contributed by atoms with E-state index in [0.717, 1.165) is 18.6 Å². The number of carbonyl (C=O) groups excluding carboxylic acids is 1. The summed E-state index contributed by atoms with van der Waals surface area (Å²) in [6.45, 7) is 2.54. The predicted molar refractivity (Wildman–Crippen MR) is 66.3 cm³/mol. The zero-order valence-corrected chi connectivity index (χ0v) is 10.6. The van der Waals surface area contributed by atoms with E-state index in [-0.39, 0.29) is 6.42 Å². The molecular weight excluding hydrogens is 257 g/mol. The van der Waals surface area contributed by atoms with Crippen molar-refractivity contribution in [3.63, 3.8) is 0 Å². The van der Waals surface area contributed by atoms with Gasteiger partial charge in [-0.1, -0.05) is 19.1 Å². The summed E-state index contributed by atoms with van der Waals surface area (Å²) >= 11 is 0. The number of benzene rings is 1. The second-order valence-electron chi connectivity index (χ2n) is 4.30. The average Bonchev–Trinajstić information content (AvgIpc) is 2.33. The number of nitrogens with one attached hydrogen (secondary N) is 1. The standard InChI is InChI=1S/C13H17F3N2O/c1-2-6-18-11(8-12(17)19)9-4-3-5-10(7-9)13(14,15)16/h3-5,7,11,18H,2,6,8H2,1H3,(H2,17,19). The van der Waals surface area contributed by atoms with Crippen molar-refractivity contribution in [3.05, 3.63) is 35.4 Å². The molecule has 19 heavy (non-hydrogen) atoms. The van der Waals surface area contributed by atoms with Crippen molar-refractivity contribution in [2.45, 2.75) is 32.0 Å². The minimum absolute atomic E-state index is 0.0265. The normalized spacial score (nSPS) is 13.3. The Morgan fingerprint density at radius 3 is 2.63 bits per heavy atom. The molecule has 1 amide bonds. The summed E-state index contributed by atoms with van der Waals surface area (Å²) in [6, 6.07) is 4.46. The van der Waals surface area contributed by atoms with Crippen LogP contribution in [0.4, 0.5) is 13.2 Å². The first-order valence-corrected chi connectivity index (χ1v) is 6.03. The van der Waals surface area contributed by atoms with E-state index in [1.165, 1.54) is 6.07 Å². The zero-order valence-electron chi connectivity index (χ0n) is 10.6. The molecule has 6 heteroatoms. The Bertz CT molecular complexity index is 432. The van der Waals surface area contributed by atoms with Gasteiger partial charge in [0.05, 0.1) is 5.56 Å². The van der Waals surface area contributed by atoms with E-state index < -0.39 is 23.7 Å². The van der Waals surface area contributed by atoms with E-state index in [9.17, 15) is 18.0 Å². The lowest BCUT2D eigenvalue weighted by Gasteiger charge is -2.18. The molecule has 0 bridgehead atoms. The molecule has 1 aromatic rings. The third kappa shape index (κ3) is 4.90. The van der Waals surface area contributed by atoms with Crippen LogP contribution in [0, 0.1) is 0 Å². The number of nitrogens with two attached hydrogens (primary N) is 1. The molecule has 1 rings (SSSR count). The van der Waals surface area contributed by atoms with Crippen molar-refractivity contribution >= 4 is 5.91 Å². The molecular formula is C13H17F3N2O. The molecule has 1 aromatic carbocycles. The SMILES string of the molecule is CCCNC(CC(N)=O)c1cccc(C(F)(F)F)c1. The summed E-state index contributed by atoms with van der Waals surface area (Å²) < 4.78 is 37.9. The van der Waals surface area contributed by atoms with Gasteiger partial charge in [-0.2, -0.15) is 13.2 Å². The Labute approximate surface area is 110 Å². The van der Waals surface area contributed by atoms with Gasteiger partial charge in [-0.25, -0.2) is 0 Å². The van der Waals surface area contributed by atoms with E-state index >= 15 is 0 Å². The van der Waals surface area contributed by atoms with Crippen LogP contribution >= 0.6 is 0 Å². The Morgan fingerprint density at radius 1 is 1.42 bits per heavy atom. The summed E-state index contributed by atoms with van der Waals surface area (Å²) in [6.07, 6.45) is -3.60. The number of hydrogen-bond donors (Lipinski definition) is 2. The lowest BCUT2D eigenvalue weighted by Crippen LogP contribution is -2.27. The van der Waals surface area contributed by atoms with Crippen LogP contribution in [0.3, 0.4) is 0 Å². The highest BCUT2D eigenvalue weighted by molar-refractivity contribution is 5.74. The summed E-state index contributed by atoms with van der Waals surface area (Å²) in [5, 5.41) is 3.03. The van der Waals surface area contributed by atoms with Crippen LogP contribution in [0.5, 0.6) is 0 Å². The number of rotatable bonds is 6. The van der Waals surface area contributed by atoms with E-state index in [4.69, 9.17) is 5.73 Å². The molecule has 0 aliphatic rings. The second-order valence-corrected chi connectivity index (χ2v) is 4.30.